The number of nitrogens with one attached hydrogen (secondary N) is 1. The van der Waals surface area contributed by atoms with Crippen molar-refractivity contribution in [1.82, 2.24) is 5.32 Å². The van der Waals surface area contributed by atoms with Crippen LogP contribution >= 0.6 is 0 Å². The number of rotatable bonds is 8. The van der Waals surface area contributed by atoms with Crippen LogP contribution in [0.3, 0.4) is 0 Å². The van der Waals surface area contributed by atoms with Crippen LogP contribution in [-0.4, -0.2) is 32.7 Å². The molecule has 0 unspecified atom stereocenters. The third kappa shape index (κ3) is 4.81. The summed E-state index contributed by atoms with van der Waals surface area (Å²) in [4.78, 5) is 13.4. The fourth-order valence-electron chi connectivity index (χ4n) is 1.96. The van der Waals surface area contributed by atoms with Gasteiger partial charge in [-0.05, 0) is 12.8 Å². The van der Waals surface area contributed by atoms with Gasteiger partial charge in [0.2, 0.25) is 5.91 Å². The molecule has 118 valence electrons. The Morgan fingerprint density at radius 3 is 2.67 bits per heavy atom. The third-order valence-electron chi connectivity index (χ3n) is 2.99. The molecule has 0 heterocycles. The molecule has 0 saturated heterocycles. The zero-order chi connectivity index (χ0) is 15.8. The Balaban J connectivity index is 3.07. The van der Waals surface area contributed by atoms with Gasteiger partial charge in [0.25, 0.3) is 0 Å². The van der Waals surface area contributed by atoms with Crippen molar-refractivity contribution < 1.29 is 13.9 Å². The van der Waals surface area contributed by atoms with Gasteiger partial charge in [0.05, 0.1) is 24.5 Å². The van der Waals surface area contributed by atoms with Gasteiger partial charge in [-0.15, -0.1) is 0 Å². The quantitative estimate of drug-likeness (QED) is 0.722. The SMILES string of the molecule is CCCOc1cc(N(CCC)CC(=O)NC)c(N)cc1F. The first-order valence-corrected chi connectivity index (χ1v) is 7.20. The number of carbonyl (C=O) groups excluding carboxylic acids is 1. The topological polar surface area (TPSA) is 67.6 Å². The summed E-state index contributed by atoms with van der Waals surface area (Å²) >= 11 is 0. The summed E-state index contributed by atoms with van der Waals surface area (Å²) in [7, 11) is 1.58. The number of anilines is 2. The second-order valence-corrected chi connectivity index (χ2v) is 4.78. The molecular weight excluding hydrogens is 273 g/mol. The van der Waals surface area contributed by atoms with Crippen molar-refractivity contribution in [3.05, 3.63) is 17.9 Å². The number of amides is 1. The van der Waals surface area contributed by atoms with Crippen LogP contribution < -0.4 is 20.7 Å². The lowest BCUT2D eigenvalue weighted by molar-refractivity contribution is -0.119. The highest BCUT2D eigenvalue weighted by atomic mass is 19.1. The van der Waals surface area contributed by atoms with E-state index < -0.39 is 5.82 Å². The van der Waals surface area contributed by atoms with Crippen LogP contribution in [0.1, 0.15) is 26.7 Å². The first kappa shape index (κ1) is 17.1. The molecule has 5 nitrogen and oxygen atoms in total. The molecule has 6 heteroatoms. The van der Waals surface area contributed by atoms with E-state index in [0.29, 0.717) is 24.5 Å². The van der Waals surface area contributed by atoms with Crippen molar-refractivity contribution in [2.24, 2.45) is 0 Å². The predicted molar refractivity (Wildman–Crippen MR) is 83.2 cm³/mol. The maximum atomic E-state index is 13.8. The predicted octanol–water partition coefficient (Wildman–Crippen LogP) is 2.16. The van der Waals surface area contributed by atoms with Crippen molar-refractivity contribution in [3.63, 3.8) is 0 Å². The fraction of sp³-hybridized carbons (Fsp3) is 0.533. The van der Waals surface area contributed by atoms with E-state index in [4.69, 9.17) is 10.5 Å². The monoisotopic (exact) mass is 297 g/mol. The molecule has 1 amide bonds. The van der Waals surface area contributed by atoms with Gasteiger partial charge < -0.3 is 20.7 Å². The molecule has 1 aromatic rings. The summed E-state index contributed by atoms with van der Waals surface area (Å²) in [6.45, 7) is 5.21. The van der Waals surface area contributed by atoms with Gasteiger partial charge in [0.1, 0.15) is 0 Å². The van der Waals surface area contributed by atoms with Gasteiger partial charge in [0.15, 0.2) is 11.6 Å². The molecule has 0 aliphatic heterocycles. The molecule has 0 radical (unpaired) electrons. The van der Waals surface area contributed by atoms with E-state index in [9.17, 15) is 9.18 Å². The first-order chi connectivity index (χ1) is 10.0. The van der Waals surface area contributed by atoms with Crippen LogP contribution in [0.15, 0.2) is 12.1 Å². The van der Waals surface area contributed by atoms with E-state index >= 15 is 0 Å². The summed E-state index contributed by atoms with van der Waals surface area (Å²) in [6.07, 6.45) is 1.63. The first-order valence-electron chi connectivity index (χ1n) is 7.20. The van der Waals surface area contributed by atoms with Gasteiger partial charge in [0, 0.05) is 25.7 Å². The lowest BCUT2D eigenvalue weighted by Crippen LogP contribution is -2.36. The van der Waals surface area contributed by atoms with Crippen LogP contribution in [-0.2, 0) is 4.79 Å². The number of hydrogen-bond donors (Lipinski definition) is 2. The Morgan fingerprint density at radius 2 is 2.10 bits per heavy atom. The minimum atomic E-state index is -0.485. The summed E-state index contributed by atoms with van der Waals surface area (Å²) in [5.74, 6) is -0.441. The Morgan fingerprint density at radius 1 is 1.38 bits per heavy atom. The van der Waals surface area contributed by atoms with E-state index in [1.165, 1.54) is 6.07 Å². The fourth-order valence-corrected chi connectivity index (χ4v) is 1.96. The highest BCUT2D eigenvalue weighted by Gasteiger charge is 2.16. The van der Waals surface area contributed by atoms with E-state index in [2.05, 4.69) is 5.32 Å². The van der Waals surface area contributed by atoms with Crippen LogP contribution in [0.4, 0.5) is 15.8 Å². The minimum Gasteiger partial charge on any atom is -0.490 e. The average molecular weight is 297 g/mol. The molecule has 0 aliphatic carbocycles. The zero-order valence-corrected chi connectivity index (χ0v) is 12.9. The molecule has 0 aliphatic rings. The van der Waals surface area contributed by atoms with Crippen molar-refractivity contribution in [3.8, 4) is 5.75 Å². The van der Waals surface area contributed by atoms with E-state index in [0.717, 1.165) is 12.8 Å². The zero-order valence-electron chi connectivity index (χ0n) is 12.9. The molecule has 1 aromatic carbocycles. The van der Waals surface area contributed by atoms with Gasteiger partial charge in [-0.2, -0.15) is 0 Å². The van der Waals surface area contributed by atoms with Crippen LogP contribution in [0.5, 0.6) is 5.75 Å². The Bertz CT molecular complexity index is 480. The van der Waals surface area contributed by atoms with Crippen molar-refractivity contribution in [1.29, 1.82) is 0 Å². The summed E-state index contributed by atoms with van der Waals surface area (Å²) in [5.41, 5.74) is 6.82. The number of nitrogens with zero attached hydrogens (tertiary/aromatic N) is 1. The van der Waals surface area contributed by atoms with Crippen molar-refractivity contribution in [2.75, 3.05) is 37.4 Å². The second-order valence-electron chi connectivity index (χ2n) is 4.78. The number of likely N-dealkylation sites (N-methyl/N-ethyl adjacent to an activating group) is 1. The molecule has 0 fully saturated rings. The number of benzene rings is 1. The molecular formula is C15H24FN3O2. The summed E-state index contributed by atoms with van der Waals surface area (Å²) < 4.78 is 19.2. The molecule has 1 rings (SSSR count). The largest absolute Gasteiger partial charge is 0.490 e. The average Bonchev–Trinajstić information content (AvgIpc) is 2.46. The van der Waals surface area contributed by atoms with Crippen LogP contribution in [0, 0.1) is 5.82 Å². The highest BCUT2D eigenvalue weighted by Crippen LogP contribution is 2.31. The summed E-state index contributed by atoms with van der Waals surface area (Å²) in [6, 6.07) is 2.81. The Kier molecular flexibility index (Phi) is 6.78. The highest BCUT2D eigenvalue weighted by molar-refractivity contribution is 5.83. The number of carbonyl (C=O) groups is 1. The molecule has 0 spiro atoms. The molecule has 0 atom stereocenters. The van der Waals surface area contributed by atoms with Gasteiger partial charge in [-0.25, -0.2) is 4.39 Å². The van der Waals surface area contributed by atoms with Crippen molar-refractivity contribution >= 4 is 17.3 Å². The number of nitrogens with two attached hydrogens (primary N) is 1. The van der Waals surface area contributed by atoms with E-state index in [-0.39, 0.29) is 18.2 Å². The van der Waals surface area contributed by atoms with Gasteiger partial charge in [-0.3, -0.25) is 4.79 Å². The third-order valence-corrected chi connectivity index (χ3v) is 2.99. The molecule has 21 heavy (non-hydrogen) atoms. The standard InChI is InChI=1S/C15H24FN3O2/c1-4-6-19(10-15(20)18-3)13-9-14(21-7-5-2)11(16)8-12(13)17/h8-9H,4-7,10,17H2,1-3H3,(H,18,20). The Labute approximate surface area is 125 Å². The maximum absolute atomic E-state index is 13.8. The smallest absolute Gasteiger partial charge is 0.239 e. The van der Waals surface area contributed by atoms with Crippen LogP contribution in [0.25, 0.3) is 0 Å². The molecule has 3 N–H and O–H groups in total. The molecule has 0 bridgehead atoms. The maximum Gasteiger partial charge on any atom is 0.239 e. The summed E-state index contributed by atoms with van der Waals surface area (Å²) in [5, 5.41) is 2.58. The second kappa shape index (κ2) is 8.34. The normalized spacial score (nSPS) is 10.3. The van der Waals surface area contributed by atoms with Gasteiger partial charge >= 0.3 is 0 Å². The van der Waals surface area contributed by atoms with Crippen LogP contribution in [0.2, 0.25) is 0 Å². The number of hydrogen-bond acceptors (Lipinski definition) is 4. The lowest BCUT2D eigenvalue weighted by atomic mass is 10.2. The van der Waals surface area contributed by atoms with Crippen molar-refractivity contribution in [2.45, 2.75) is 26.7 Å². The number of nitrogen functional groups attached to an aromatic ring is 1. The van der Waals surface area contributed by atoms with E-state index in [1.54, 1.807) is 13.1 Å². The minimum absolute atomic E-state index is 0.122. The Hall–Kier alpha value is -1.98. The number of halogens is 1. The molecule has 0 aromatic heterocycles. The number of ether oxygens (including phenoxy) is 1. The van der Waals surface area contributed by atoms with Gasteiger partial charge in [-0.1, -0.05) is 13.8 Å². The lowest BCUT2D eigenvalue weighted by Gasteiger charge is -2.25. The van der Waals surface area contributed by atoms with E-state index in [1.807, 2.05) is 18.7 Å². The molecule has 0 saturated carbocycles.